The molecule has 1 fully saturated rings. The van der Waals surface area contributed by atoms with Gasteiger partial charge in [-0.2, -0.15) is 0 Å². The van der Waals surface area contributed by atoms with E-state index in [1.165, 1.54) is 17.7 Å². The summed E-state index contributed by atoms with van der Waals surface area (Å²) in [4.78, 5) is 2.19. The minimum absolute atomic E-state index is 0.201. The number of hydrogen-bond acceptors (Lipinski definition) is 3. The van der Waals surface area contributed by atoms with Gasteiger partial charge in [0.1, 0.15) is 5.82 Å². The van der Waals surface area contributed by atoms with Crippen LogP contribution in [0.2, 0.25) is 0 Å². The van der Waals surface area contributed by atoms with Crippen LogP contribution in [-0.2, 0) is 0 Å². The minimum Gasteiger partial charge on any atom is -0.490 e. The number of rotatable bonds is 2. The highest BCUT2D eigenvalue weighted by Gasteiger charge is 2.29. The zero-order chi connectivity index (χ0) is 17.9. The van der Waals surface area contributed by atoms with Crippen molar-refractivity contribution in [1.29, 1.82) is 0 Å². The highest BCUT2D eigenvalue weighted by Crippen LogP contribution is 2.38. The number of halogens is 1. The average Bonchev–Trinajstić information content (AvgIpc) is 3.02. The molecule has 0 aliphatic carbocycles. The van der Waals surface area contributed by atoms with Crippen molar-refractivity contribution in [2.24, 2.45) is 0 Å². The summed E-state index contributed by atoms with van der Waals surface area (Å²) in [6, 6.07) is 12.6. The molecule has 0 saturated carbocycles. The molecule has 0 aromatic heterocycles. The Labute approximate surface area is 157 Å². The Hall–Kier alpha value is -2.34. The molecule has 0 bridgehead atoms. The first-order valence-corrected chi connectivity index (χ1v) is 9.34. The van der Waals surface area contributed by atoms with Crippen LogP contribution in [0.4, 0.5) is 10.1 Å². The number of hydrogen-bond donors (Lipinski definition) is 1. The molecule has 2 heterocycles. The van der Waals surface area contributed by atoms with Crippen molar-refractivity contribution in [3.05, 3.63) is 53.8 Å². The number of fused-ring (bicyclic) bond motifs is 1. The van der Waals surface area contributed by atoms with Gasteiger partial charge in [-0.15, -0.1) is 0 Å². The van der Waals surface area contributed by atoms with Gasteiger partial charge in [-0.05, 0) is 67.0 Å². The molecule has 2 aliphatic heterocycles. The van der Waals surface area contributed by atoms with Crippen LogP contribution in [0, 0.1) is 5.82 Å². The number of nitrogens with zero attached hydrogens (tertiary/aromatic N) is 1. The summed E-state index contributed by atoms with van der Waals surface area (Å²) < 4.78 is 24.6. The van der Waals surface area contributed by atoms with E-state index >= 15 is 0 Å². The summed E-state index contributed by atoms with van der Waals surface area (Å²) in [6.45, 7) is 2.26. The van der Waals surface area contributed by atoms with Crippen LogP contribution in [0.5, 0.6) is 11.5 Å². The molecule has 1 atom stereocenters. The Morgan fingerprint density at radius 1 is 1.04 bits per heavy atom. The second kappa shape index (κ2) is 7.50. The summed E-state index contributed by atoms with van der Waals surface area (Å²) in [5, 5.41) is 3.88. The SMILES string of the molecule is Fc1ccc(NC(=S)N2CCC[C@H]2c2ccc3c(c2)OCCCO3)cc1. The number of benzene rings is 2. The van der Waals surface area contributed by atoms with E-state index in [0.29, 0.717) is 18.3 Å². The normalized spacial score (nSPS) is 19.1. The average molecular weight is 372 g/mol. The van der Waals surface area contributed by atoms with E-state index in [1.54, 1.807) is 12.1 Å². The van der Waals surface area contributed by atoms with Crippen molar-refractivity contribution >= 4 is 23.0 Å². The molecule has 0 radical (unpaired) electrons. The second-order valence-corrected chi connectivity index (χ2v) is 6.93. The van der Waals surface area contributed by atoms with Gasteiger partial charge in [0, 0.05) is 18.7 Å². The fourth-order valence-electron chi connectivity index (χ4n) is 3.47. The van der Waals surface area contributed by atoms with Gasteiger partial charge in [-0.1, -0.05) is 6.07 Å². The molecule has 2 aromatic rings. The Morgan fingerprint density at radius 2 is 1.81 bits per heavy atom. The molecule has 136 valence electrons. The molecule has 26 heavy (non-hydrogen) atoms. The summed E-state index contributed by atoms with van der Waals surface area (Å²) >= 11 is 5.61. The van der Waals surface area contributed by atoms with E-state index in [4.69, 9.17) is 21.7 Å². The fraction of sp³-hybridized carbons (Fsp3) is 0.350. The highest BCUT2D eigenvalue weighted by atomic mass is 32.1. The molecule has 0 amide bonds. The lowest BCUT2D eigenvalue weighted by Gasteiger charge is -2.28. The van der Waals surface area contributed by atoms with Crippen molar-refractivity contribution in [1.82, 2.24) is 4.90 Å². The van der Waals surface area contributed by atoms with Crippen LogP contribution in [-0.4, -0.2) is 29.8 Å². The van der Waals surface area contributed by atoms with E-state index in [2.05, 4.69) is 22.3 Å². The standard InChI is InChI=1S/C20H21FN2O2S/c21-15-5-7-16(8-6-15)22-20(26)23-10-1-3-17(23)14-4-9-18-19(13-14)25-12-2-11-24-18/h4-9,13,17H,1-3,10-12H2,(H,22,26)/t17-/m0/s1. The summed E-state index contributed by atoms with van der Waals surface area (Å²) in [5.74, 6) is 1.36. The monoisotopic (exact) mass is 372 g/mol. The predicted molar refractivity (Wildman–Crippen MR) is 103 cm³/mol. The Balaban J connectivity index is 1.52. The topological polar surface area (TPSA) is 33.7 Å². The van der Waals surface area contributed by atoms with Gasteiger partial charge >= 0.3 is 0 Å². The van der Waals surface area contributed by atoms with Crippen molar-refractivity contribution in [2.45, 2.75) is 25.3 Å². The zero-order valence-corrected chi connectivity index (χ0v) is 15.2. The number of anilines is 1. The molecule has 0 spiro atoms. The molecular formula is C20H21FN2O2S. The van der Waals surface area contributed by atoms with Crippen molar-refractivity contribution < 1.29 is 13.9 Å². The number of nitrogens with one attached hydrogen (secondary N) is 1. The smallest absolute Gasteiger partial charge is 0.173 e. The van der Waals surface area contributed by atoms with Crippen molar-refractivity contribution in [2.75, 3.05) is 25.1 Å². The Kier molecular flexibility index (Phi) is 4.93. The van der Waals surface area contributed by atoms with Crippen LogP contribution in [0.25, 0.3) is 0 Å². The van der Waals surface area contributed by atoms with Crippen LogP contribution in [0.1, 0.15) is 30.9 Å². The van der Waals surface area contributed by atoms with E-state index < -0.39 is 0 Å². The number of likely N-dealkylation sites (tertiary alicyclic amines) is 1. The maximum atomic E-state index is 13.1. The molecule has 1 N–H and O–H groups in total. The molecular weight excluding hydrogens is 351 g/mol. The third-order valence-corrected chi connectivity index (χ3v) is 5.10. The first-order chi connectivity index (χ1) is 12.7. The Bertz CT molecular complexity index is 797. The van der Waals surface area contributed by atoms with Gasteiger partial charge in [-0.3, -0.25) is 0 Å². The third kappa shape index (κ3) is 3.60. The van der Waals surface area contributed by atoms with Crippen LogP contribution < -0.4 is 14.8 Å². The van der Waals surface area contributed by atoms with E-state index in [9.17, 15) is 4.39 Å². The lowest BCUT2D eigenvalue weighted by atomic mass is 10.0. The van der Waals surface area contributed by atoms with Crippen molar-refractivity contribution in [3.8, 4) is 11.5 Å². The summed E-state index contributed by atoms with van der Waals surface area (Å²) in [5.41, 5.74) is 1.97. The molecule has 4 rings (SSSR count). The van der Waals surface area contributed by atoms with Crippen molar-refractivity contribution in [3.63, 3.8) is 0 Å². The first kappa shape index (κ1) is 17.1. The summed E-state index contributed by atoms with van der Waals surface area (Å²) in [7, 11) is 0. The van der Waals surface area contributed by atoms with Crippen LogP contribution in [0.15, 0.2) is 42.5 Å². The quantitative estimate of drug-likeness (QED) is 0.784. The molecule has 2 aliphatic rings. The van der Waals surface area contributed by atoms with Gasteiger partial charge in [0.15, 0.2) is 16.6 Å². The first-order valence-electron chi connectivity index (χ1n) is 8.93. The molecule has 4 nitrogen and oxygen atoms in total. The van der Waals surface area contributed by atoms with Gasteiger partial charge in [-0.25, -0.2) is 4.39 Å². The largest absolute Gasteiger partial charge is 0.490 e. The highest BCUT2D eigenvalue weighted by molar-refractivity contribution is 7.80. The molecule has 6 heteroatoms. The predicted octanol–water partition coefficient (Wildman–Crippen LogP) is 4.52. The zero-order valence-electron chi connectivity index (χ0n) is 14.4. The van der Waals surface area contributed by atoms with Crippen LogP contribution in [0.3, 0.4) is 0 Å². The minimum atomic E-state index is -0.257. The molecule has 2 aromatic carbocycles. The lowest BCUT2D eigenvalue weighted by Crippen LogP contribution is -2.34. The maximum Gasteiger partial charge on any atom is 0.173 e. The number of ether oxygens (including phenoxy) is 2. The lowest BCUT2D eigenvalue weighted by molar-refractivity contribution is 0.296. The third-order valence-electron chi connectivity index (χ3n) is 4.77. The Morgan fingerprint density at radius 3 is 2.62 bits per heavy atom. The number of thiocarbonyl (C=S) groups is 1. The molecule has 1 saturated heterocycles. The maximum absolute atomic E-state index is 13.1. The van der Waals surface area contributed by atoms with E-state index in [0.717, 1.165) is 43.0 Å². The van der Waals surface area contributed by atoms with Gasteiger partial charge in [0.2, 0.25) is 0 Å². The van der Waals surface area contributed by atoms with E-state index in [-0.39, 0.29) is 11.9 Å². The second-order valence-electron chi connectivity index (χ2n) is 6.55. The molecule has 0 unspecified atom stereocenters. The van der Waals surface area contributed by atoms with Gasteiger partial charge in [0.05, 0.1) is 19.3 Å². The van der Waals surface area contributed by atoms with Gasteiger partial charge < -0.3 is 19.7 Å². The fourth-order valence-corrected chi connectivity index (χ4v) is 3.81. The van der Waals surface area contributed by atoms with Crippen LogP contribution >= 0.6 is 12.2 Å². The van der Waals surface area contributed by atoms with Gasteiger partial charge in [0.25, 0.3) is 0 Å². The van der Waals surface area contributed by atoms with E-state index in [1.807, 2.05) is 6.07 Å². The summed E-state index contributed by atoms with van der Waals surface area (Å²) in [6.07, 6.45) is 3.00.